The third-order valence-corrected chi connectivity index (χ3v) is 7.14. The molecule has 0 bridgehead atoms. The zero-order chi connectivity index (χ0) is 19.5. The van der Waals surface area contributed by atoms with Gasteiger partial charge in [0.25, 0.3) is 0 Å². The van der Waals surface area contributed by atoms with Crippen LogP contribution in [0.1, 0.15) is 5.56 Å². The molecule has 8 heteroatoms. The van der Waals surface area contributed by atoms with Crippen LogP contribution in [-0.4, -0.2) is 32.4 Å². The fraction of sp³-hybridized carbons (Fsp3) is 0.0952. The van der Waals surface area contributed by atoms with Crippen molar-refractivity contribution in [3.63, 3.8) is 0 Å². The maximum atomic E-state index is 6.19. The van der Waals surface area contributed by atoms with Crippen LogP contribution in [0, 0.1) is 0 Å². The summed E-state index contributed by atoms with van der Waals surface area (Å²) in [6.45, 7) is 0.547. The summed E-state index contributed by atoms with van der Waals surface area (Å²) in [6, 6.07) is 17.9. The van der Waals surface area contributed by atoms with Gasteiger partial charge in [-0.3, -0.25) is 0 Å². The Bertz CT molecular complexity index is 1320. The molecule has 4 aromatic rings. The minimum absolute atomic E-state index is 0.0851. The number of hydrogen-bond donors (Lipinski definition) is 0. The van der Waals surface area contributed by atoms with Crippen LogP contribution >= 0.6 is 39.3 Å². The summed E-state index contributed by atoms with van der Waals surface area (Å²) < 4.78 is 9.06. The van der Waals surface area contributed by atoms with E-state index in [4.69, 9.17) is 21.4 Å². The molecule has 0 spiro atoms. The van der Waals surface area contributed by atoms with Crippen LogP contribution in [0.3, 0.4) is 0 Å². The van der Waals surface area contributed by atoms with Gasteiger partial charge in [-0.05, 0) is 41.8 Å². The van der Waals surface area contributed by atoms with E-state index in [0.717, 1.165) is 43.0 Å². The van der Waals surface area contributed by atoms with Gasteiger partial charge in [0.05, 0.1) is 11.0 Å². The smallest absolute Gasteiger partial charge is 0.213 e. The highest BCUT2D eigenvalue weighted by molar-refractivity contribution is 9.10. The van der Waals surface area contributed by atoms with Crippen LogP contribution in [-0.2, 0) is 0 Å². The summed E-state index contributed by atoms with van der Waals surface area (Å²) >= 11 is 11.3. The molecule has 5 nitrogen and oxygen atoms in total. The van der Waals surface area contributed by atoms with Crippen LogP contribution in [0.4, 0.5) is 0 Å². The molecule has 0 aliphatic carbocycles. The van der Waals surface area contributed by atoms with Crippen molar-refractivity contribution < 1.29 is 4.74 Å². The van der Waals surface area contributed by atoms with Crippen molar-refractivity contribution in [1.29, 1.82) is 0 Å². The van der Waals surface area contributed by atoms with Crippen molar-refractivity contribution in [2.45, 2.75) is 10.4 Å². The van der Waals surface area contributed by atoms with E-state index in [1.54, 1.807) is 11.8 Å². The molecule has 0 radical (unpaired) electrons. The van der Waals surface area contributed by atoms with Crippen LogP contribution in [0.2, 0.25) is 5.02 Å². The topological polar surface area (TPSA) is 52.3 Å². The van der Waals surface area contributed by atoms with Gasteiger partial charge in [-0.25, -0.2) is 0 Å². The summed E-state index contributed by atoms with van der Waals surface area (Å²) in [5, 5.41) is 17.4. The molecule has 1 atom stereocenters. The fourth-order valence-electron chi connectivity index (χ4n) is 3.71. The minimum atomic E-state index is 0.0851. The molecule has 29 heavy (non-hydrogen) atoms. The predicted octanol–water partition coefficient (Wildman–Crippen LogP) is 5.63. The molecular formula is C21H12BrClN4OS. The first-order valence-electron chi connectivity index (χ1n) is 9.00. The average molecular weight is 484 g/mol. The average Bonchev–Trinajstić information content (AvgIpc) is 3.15. The first-order chi connectivity index (χ1) is 14.2. The normalized spacial score (nSPS) is 17.2. The van der Waals surface area contributed by atoms with E-state index in [0.29, 0.717) is 17.5 Å². The van der Waals surface area contributed by atoms with Crippen molar-refractivity contribution >= 4 is 55.8 Å². The SMILES string of the molecule is Clc1ccc(-c2nnc3n2N=C2c4ccc5c(Br)cccc5c4OCC2S3)cc1. The molecule has 3 aromatic carbocycles. The van der Waals surface area contributed by atoms with Gasteiger partial charge in [0, 0.05) is 26.0 Å². The molecule has 1 aromatic heterocycles. The molecule has 1 unspecified atom stereocenters. The van der Waals surface area contributed by atoms with Crippen LogP contribution in [0.15, 0.2) is 69.3 Å². The van der Waals surface area contributed by atoms with Gasteiger partial charge < -0.3 is 4.74 Å². The first kappa shape index (κ1) is 17.5. The molecule has 6 rings (SSSR count). The maximum absolute atomic E-state index is 6.19. The lowest BCUT2D eigenvalue weighted by molar-refractivity contribution is 0.327. The van der Waals surface area contributed by atoms with Gasteiger partial charge in [-0.1, -0.05) is 57.5 Å². The van der Waals surface area contributed by atoms with E-state index in [2.05, 4.69) is 44.3 Å². The largest absolute Gasteiger partial charge is 0.491 e. The highest BCUT2D eigenvalue weighted by Gasteiger charge is 2.35. The maximum Gasteiger partial charge on any atom is 0.213 e. The van der Waals surface area contributed by atoms with E-state index in [1.165, 1.54) is 0 Å². The highest BCUT2D eigenvalue weighted by Crippen LogP contribution is 2.42. The Balaban J connectivity index is 1.53. The molecule has 2 aliphatic rings. The lowest BCUT2D eigenvalue weighted by Gasteiger charge is -2.29. The summed E-state index contributed by atoms with van der Waals surface area (Å²) in [4.78, 5) is 0. The van der Waals surface area contributed by atoms with E-state index in [-0.39, 0.29) is 5.25 Å². The van der Waals surface area contributed by atoms with Crippen LogP contribution < -0.4 is 4.74 Å². The van der Waals surface area contributed by atoms with Crippen molar-refractivity contribution in [3.8, 4) is 17.1 Å². The lowest BCUT2D eigenvalue weighted by atomic mass is 9.98. The fourth-order valence-corrected chi connectivity index (χ4v) is 5.33. The predicted molar refractivity (Wildman–Crippen MR) is 119 cm³/mol. The Labute approximate surface area is 183 Å². The quantitative estimate of drug-likeness (QED) is 0.352. The first-order valence-corrected chi connectivity index (χ1v) is 11.1. The Morgan fingerprint density at radius 1 is 1.03 bits per heavy atom. The Kier molecular flexibility index (Phi) is 3.97. The van der Waals surface area contributed by atoms with E-state index in [9.17, 15) is 0 Å². The zero-order valence-electron chi connectivity index (χ0n) is 14.8. The van der Waals surface area contributed by atoms with Gasteiger partial charge in [0.2, 0.25) is 5.16 Å². The Morgan fingerprint density at radius 3 is 2.76 bits per heavy atom. The number of ether oxygens (including phenoxy) is 1. The molecule has 0 saturated carbocycles. The van der Waals surface area contributed by atoms with Gasteiger partial charge in [-0.15, -0.1) is 10.2 Å². The third kappa shape index (κ3) is 2.72. The molecule has 0 saturated heterocycles. The molecule has 3 heterocycles. The second-order valence-corrected chi connectivity index (χ2v) is 9.27. The number of thioether (sulfide) groups is 1. The number of nitrogens with zero attached hydrogens (tertiary/aromatic N) is 4. The molecular weight excluding hydrogens is 472 g/mol. The van der Waals surface area contributed by atoms with Gasteiger partial charge >= 0.3 is 0 Å². The highest BCUT2D eigenvalue weighted by atomic mass is 79.9. The molecule has 0 fully saturated rings. The van der Waals surface area contributed by atoms with Gasteiger partial charge in [-0.2, -0.15) is 9.78 Å². The molecule has 142 valence electrons. The summed E-state index contributed by atoms with van der Waals surface area (Å²) in [5.41, 5.74) is 2.92. The number of hydrogen-bond acceptors (Lipinski definition) is 5. The molecule has 2 aliphatic heterocycles. The lowest BCUT2D eigenvalue weighted by Crippen LogP contribution is -2.34. The third-order valence-electron chi connectivity index (χ3n) is 5.09. The second-order valence-electron chi connectivity index (χ2n) is 6.80. The number of rotatable bonds is 1. The number of fused-ring (bicyclic) bond motifs is 6. The molecule has 0 amide bonds. The number of aromatic nitrogens is 3. The van der Waals surface area contributed by atoms with Crippen molar-refractivity contribution in [2.75, 3.05) is 6.61 Å². The molecule has 0 N–H and O–H groups in total. The Hall–Kier alpha value is -2.35. The number of halogens is 2. The van der Waals surface area contributed by atoms with Gasteiger partial charge in [0.1, 0.15) is 12.4 Å². The van der Waals surface area contributed by atoms with Crippen molar-refractivity contribution in [1.82, 2.24) is 14.9 Å². The zero-order valence-corrected chi connectivity index (χ0v) is 18.0. The van der Waals surface area contributed by atoms with Gasteiger partial charge in [0.15, 0.2) is 5.82 Å². The van der Waals surface area contributed by atoms with E-state index < -0.39 is 0 Å². The number of benzene rings is 3. The summed E-state index contributed by atoms with van der Waals surface area (Å²) in [5.74, 6) is 1.58. The second kappa shape index (κ2) is 6.58. The summed E-state index contributed by atoms with van der Waals surface area (Å²) in [6.07, 6.45) is 0. The van der Waals surface area contributed by atoms with Crippen LogP contribution in [0.5, 0.6) is 5.75 Å². The van der Waals surface area contributed by atoms with Crippen LogP contribution in [0.25, 0.3) is 22.2 Å². The van der Waals surface area contributed by atoms with E-state index >= 15 is 0 Å². The van der Waals surface area contributed by atoms with E-state index in [1.807, 2.05) is 41.1 Å². The van der Waals surface area contributed by atoms with Crippen molar-refractivity contribution in [3.05, 3.63) is 69.7 Å². The standard InChI is InChI=1S/C21H12BrClN4OS/c22-16-3-1-2-14-13(16)8-9-15-18-17(10-28-19(14)15)29-21-25-24-20(27(21)26-18)11-4-6-12(23)7-5-11/h1-9,17H,10H2. The monoisotopic (exact) mass is 482 g/mol. The minimum Gasteiger partial charge on any atom is -0.491 e. The summed E-state index contributed by atoms with van der Waals surface area (Å²) in [7, 11) is 0. The Morgan fingerprint density at radius 2 is 1.90 bits per heavy atom. The van der Waals surface area contributed by atoms with Crippen molar-refractivity contribution in [2.24, 2.45) is 5.10 Å².